The summed E-state index contributed by atoms with van der Waals surface area (Å²) < 4.78 is 7.36. The van der Waals surface area contributed by atoms with Crippen LogP contribution in [0.3, 0.4) is 0 Å². The van der Waals surface area contributed by atoms with Crippen molar-refractivity contribution in [3.8, 4) is 5.75 Å². The smallest absolute Gasteiger partial charge is 0.330 e. The molecule has 2 N–H and O–H groups in total. The van der Waals surface area contributed by atoms with Crippen LogP contribution in [0.2, 0.25) is 0 Å². The van der Waals surface area contributed by atoms with Gasteiger partial charge in [-0.05, 0) is 17.7 Å². The Morgan fingerprint density at radius 3 is 2.32 bits per heavy atom. The molecule has 0 aliphatic carbocycles. The normalized spacial score (nSPS) is 10.4. The van der Waals surface area contributed by atoms with E-state index in [1.165, 1.54) is 24.7 Å². The lowest BCUT2D eigenvalue weighted by Crippen LogP contribution is -2.39. The standard InChI is InChI=1S/C19H24N4O5/c1-22-14(11-18(26)23(2)19(22)27)12-21-16(24)8-9-20-17(25)10-13-4-6-15(28-3)7-5-13/h4-7,11H,8-10,12H2,1-3H3,(H,20,25)(H,21,24). The third-order valence-corrected chi connectivity index (χ3v) is 4.29. The Bertz CT molecular complexity index is 960. The first-order valence-corrected chi connectivity index (χ1v) is 8.74. The number of aromatic nitrogens is 2. The van der Waals surface area contributed by atoms with Gasteiger partial charge in [0.2, 0.25) is 11.8 Å². The van der Waals surface area contributed by atoms with Crippen molar-refractivity contribution in [1.29, 1.82) is 0 Å². The van der Waals surface area contributed by atoms with Crippen LogP contribution in [-0.2, 0) is 36.6 Å². The molecule has 0 spiro atoms. The van der Waals surface area contributed by atoms with E-state index in [4.69, 9.17) is 4.74 Å². The molecule has 0 bridgehead atoms. The predicted octanol–water partition coefficient (Wildman–Crippen LogP) is -0.542. The van der Waals surface area contributed by atoms with Crippen LogP contribution >= 0.6 is 0 Å². The zero-order chi connectivity index (χ0) is 20.7. The van der Waals surface area contributed by atoms with Crippen molar-refractivity contribution in [3.05, 3.63) is 62.4 Å². The van der Waals surface area contributed by atoms with E-state index < -0.39 is 11.2 Å². The molecule has 2 rings (SSSR count). The number of benzene rings is 1. The molecule has 0 atom stereocenters. The van der Waals surface area contributed by atoms with Gasteiger partial charge in [-0.2, -0.15) is 0 Å². The molecule has 2 amide bonds. The zero-order valence-corrected chi connectivity index (χ0v) is 16.2. The number of hydrogen-bond donors (Lipinski definition) is 2. The Morgan fingerprint density at radius 2 is 1.68 bits per heavy atom. The van der Waals surface area contributed by atoms with Gasteiger partial charge >= 0.3 is 5.69 Å². The van der Waals surface area contributed by atoms with Gasteiger partial charge in [0.25, 0.3) is 5.56 Å². The number of nitrogens with one attached hydrogen (secondary N) is 2. The van der Waals surface area contributed by atoms with Gasteiger partial charge in [0.05, 0.1) is 20.1 Å². The van der Waals surface area contributed by atoms with Crippen LogP contribution < -0.4 is 26.6 Å². The Hall–Kier alpha value is -3.36. The quantitative estimate of drug-likeness (QED) is 0.631. The summed E-state index contributed by atoms with van der Waals surface area (Å²) in [7, 11) is 4.49. The molecule has 2 aromatic rings. The topological polar surface area (TPSA) is 111 Å². The SMILES string of the molecule is COc1ccc(CC(=O)NCCC(=O)NCc2cc(=O)n(C)c(=O)n2C)cc1. The third kappa shape index (κ3) is 5.57. The molecular formula is C19H24N4O5. The molecule has 1 aromatic carbocycles. The van der Waals surface area contributed by atoms with Gasteiger partial charge in [0, 0.05) is 38.8 Å². The number of nitrogens with zero attached hydrogens (tertiary/aromatic N) is 2. The van der Waals surface area contributed by atoms with Gasteiger partial charge in [-0.15, -0.1) is 0 Å². The van der Waals surface area contributed by atoms with Crippen molar-refractivity contribution in [3.63, 3.8) is 0 Å². The first-order chi connectivity index (χ1) is 13.3. The van der Waals surface area contributed by atoms with Gasteiger partial charge in [-0.25, -0.2) is 4.79 Å². The van der Waals surface area contributed by atoms with Crippen molar-refractivity contribution in [2.75, 3.05) is 13.7 Å². The van der Waals surface area contributed by atoms with Crippen LogP contribution in [0.15, 0.2) is 39.9 Å². The maximum atomic E-state index is 11.9. The molecule has 0 saturated carbocycles. The summed E-state index contributed by atoms with van der Waals surface area (Å²) in [5, 5.41) is 5.32. The van der Waals surface area contributed by atoms with E-state index in [2.05, 4.69) is 10.6 Å². The van der Waals surface area contributed by atoms with Gasteiger partial charge < -0.3 is 15.4 Å². The van der Waals surface area contributed by atoms with Crippen molar-refractivity contribution in [1.82, 2.24) is 19.8 Å². The zero-order valence-electron chi connectivity index (χ0n) is 16.2. The van der Waals surface area contributed by atoms with E-state index >= 15 is 0 Å². The molecule has 0 saturated heterocycles. The Balaban J connectivity index is 1.76. The highest BCUT2D eigenvalue weighted by atomic mass is 16.5. The van der Waals surface area contributed by atoms with E-state index in [1.807, 2.05) is 0 Å². The van der Waals surface area contributed by atoms with Crippen LogP contribution in [-0.4, -0.2) is 34.6 Å². The monoisotopic (exact) mass is 388 g/mol. The van der Waals surface area contributed by atoms with E-state index in [1.54, 1.807) is 31.4 Å². The van der Waals surface area contributed by atoms with Crippen LogP contribution in [0.4, 0.5) is 0 Å². The number of rotatable bonds is 8. The fourth-order valence-corrected chi connectivity index (χ4v) is 2.53. The minimum Gasteiger partial charge on any atom is -0.497 e. The first-order valence-electron chi connectivity index (χ1n) is 8.74. The fourth-order valence-electron chi connectivity index (χ4n) is 2.53. The largest absolute Gasteiger partial charge is 0.497 e. The molecule has 150 valence electrons. The molecule has 9 nitrogen and oxygen atoms in total. The van der Waals surface area contributed by atoms with Crippen molar-refractivity contribution in [2.45, 2.75) is 19.4 Å². The van der Waals surface area contributed by atoms with Gasteiger partial charge in [0.1, 0.15) is 5.75 Å². The molecular weight excluding hydrogens is 364 g/mol. The van der Waals surface area contributed by atoms with Crippen LogP contribution in [0.25, 0.3) is 0 Å². The summed E-state index contributed by atoms with van der Waals surface area (Å²) in [4.78, 5) is 47.4. The molecule has 9 heteroatoms. The highest BCUT2D eigenvalue weighted by Crippen LogP contribution is 2.11. The first kappa shape index (κ1) is 20.9. The predicted molar refractivity (Wildman–Crippen MR) is 103 cm³/mol. The summed E-state index contributed by atoms with van der Waals surface area (Å²) >= 11 is 0. The summed E-state index contributed by atoms with van der Waals surface area (Å²) in [5.41, 5.74) is 0.361. The van der Waals surface area contributed by atoms with Crippen molar-refractivity contribution >= 4 is 11.8 Å². The number of methoxy groups -OCH3 is 1. The lowest BCUT2D eigenvalue weighted by Gasteiger charge is -2.11. The summed E-state index contributed by atoms with van der Waals surface area (Å²) in [5.74, 6) is 0.236. The van der Waals surface area contributed by atoms with E-state index in [-0.39, 0.29) is 37.7 Å². The lowest BCUT2D eigenvalue weighted by molar-refractivity contribution is -0.122. The summed E-state index contributed by atoms with van der Waals surface area (Å²) in [6.45, 7) is 0.247. The van der Waals surface area contributed by atoms with Gasteiger partial charge in [-0.1, -0.05) is 12.1 Å². The number of carbonyl (C=O) groups excluding carboxylic acids is 2. The van der Waals surface area contributed by atoms with Crippen LogP contribution in [0.5, 0.6) is 5.75 Å². The minimum atomic E-state index is -0.456. The maximum absolute atomic E-state index is 11.9. The number of carbonyl (C=O) groups is 2. The number of amides is 2. The molecule has 1 aromatic heterocycles. The molecule has 28 heavy (non-hydrogen) atoms. The van der Waals surface area contributed by atoms with E-state index in [9.17, 15) is 19.2 Å². The molecule has 0 unspecified atom stereocenters. The lowest BCUT2D eigenvalue weighted by atomic mass is 10.1. The van der Waals surface area contributed by atoms with Gasteiger partial charge in [0.15, 0.2) is 0 Å². The molecule has 0 fully saturated rings. The van der Waals surface area contributed by atoms with Crippen molar-refractivity contribution < 1.29 is 14.3 Å². The molecule has 1 heterocycles. The van der Waals surface area contributed by atoms with Crippen molar-refractivity contribution in [2.24, 2.45) is 14.1 Å². The van der Waals surface area contributed by atoms with Crippen LogP contribution in [0.1, 0.15) is 17.7 Å². The van der Waals surface area contributed by atoms with Crippen LogP contribution in [0, 0.1) is 0 Å². The second-order valence-corrected chi connectivity index (χ2v) is 6.28. The second kappa shape index (κ2) is 9.54. The number of hydrogen-bond acceptors (Lipinski definition) is 5. The number of ether oxygens (including phenoxy) is 1. The molecule has 0 aliphatic rings. The molecule has 0 aliphatic heterocycles. The Morgan fingerprint density at radius 1 is 1.00 bits per heavy atom. The average molecular weight is 388 g/mol. The fraction of sp³-hybridized carbons (Fsp3) is 0.368. The highest BCUT2D eigenvalue weighted by molar-refractivity contribution is 5.80. The average Bonchev–Trinajstić information content (AvgIpc) is 2.68. The Kier molecular flexibility index (Phi) is 7.14. The minimum absolute atomic E-state index is 0.0560. The highest BCUT2D eigenvalue weighted by Gasteiger charge is 2.09. The van der Waals surface area contributed by atoms with Gasteiger partial charge in [-0.3, -0.25) is 23.5 Å². The van der Waals surface area contributed by atoms with E-state index in [0.717, 1.165) is 15.9 Å². The third-order valence-electron chi connectivity index (χ3n) is 4.29. The van der Waals surface area contributed by atoms with E-state index in [0.29, 0.717) is 5.69 Å². The summed E-state index contributed by atoms with van der Waals surface area (Å²) in [6.07, 6.45) is 0.300. The molecule has 0 radical (unpaired) electrons. The summed E-state index contributed by atoms with van der Waals surface area (Å²) in [6, 6.07) is 8.47. The Labute approximate surface area is 161 Å². The maximum Gasteiger partial charge on any atom is 0.330 e. The second-order valence-electron chi connectivity index (χ2n) is 6.28.